The molecule has 3 aromatic rings. The molecule has 2 aromatic heterocycles. The third kappa shape index (κ3) is 6.38. The van der Waals surface area contributed by atoms with Crippen molar-refractivity contribution in [3.8, 4) is 17.0 Å². The number of ether oxygens (including phenoxy) is 1. The van der Waals surface area contributed by atoms with E-state index in [0.717, 1.165) is 11.1 Å². The summed E-state index contributed by atoms with van der Waals surface area (Å²) in [7, 11) is -3.83. The standard InChI is InChI=1S/C23H30N4O3S.CO2/c1-15(2)19-8-7-9-20(16(19)3)18-10-11-25-22(12-18)30-14-23(5,6)27-13-21(17(4)26-27)31(24,28)29;2-1-3/h7-13,15H,14H2,1-6H3,(H2,24,28,29);. The summed E-state index contributed by atoms with van der Waals surface area (Å²) in [5.41, 5.74) is 4.50. The molecule has 0 aliphatic heterocycles. The molecule has 0 saturated heterocycles. The van der Waals surface area contributed by atoms with E-state index < -0.39 is 15.6 Å². The first-order valence-corrected chi connectivity index (χ1v) is 12.1. The summed E-state index contributed by atoms with van der Waals surface area (Å²) in [6.07, 6.45) is 3.43. The number of pyridine rings is 1. The number of nitrogens with two attached hydrogens (primary N) is 1. The number of nitrogens with zero attached hydrogens (tertiary/aromatic N) is 3. The van der Waals surface area contributed by atoms with Crippen LogP contribution in [0.25, 0.3) is 11.1 Å². The highest BCUT2D eigenvalue weighted by Crippen LogP contribution is 2.31. The summed E-state index contributed by atoms with van der Waals surface area (Å²) >= 11 is 0. The molecule has 34 heavy (non-hydrogen) atoms. The summed E-state index contributed by atoms with van der Waals surface area (Å²) < 4.78 is 31.0. The zero-order chi connectivity index (χ0) is 25.7. The molecule has 0 amide bonds. The van der Waals surface area contributed by atoms with E-state index in [0.29, 0.717) is 17.5 Å². The number of aromatic nitrogens is 3. The number of carbonyl (C=O) groups excluding carboxylic acids is 2. The summed E-state index contributed by atoms with van der Waals surface area (Å²) in [6, 6.07) is 10.2. The Labute approximate surface area is 200 Å². The second-order valence-corrected chi connectivity index (χ2v) is 10.3. The lowest BCUT2D eigenvalue weighted by molar-refractivity contribution is -0.191. The van der Waals surface area contributed by atoms with Crippen molar-refractivity contribution < 1.29 is 22.7 Å². The maximum absolute atomic E-state index is 11.7. The Balaban J connectivity index is 0.00000129. The maximum atomic E-state index is 11.7. The number of rotatable bonds is 7. The minimum Gasteiger partial charge on any atom is -0.475 e. The van der Waals surface area contributed by atoms with Crippen LogP contribution >= 0.6 is 0 Å². The van der Waals surface area contributed by atoms with Crippen molar-refractivity contribution >= 4 is 16.2 Å². The Morgan fingerprint density at radius 1 is 1.18 bits per heavy atom. The summed E-state index contributed by atoms with van der Waals surface area (Å²) in [6.45, 7) is 12.2. The van der Waals surface area contributed by atoms with Crippen molar-refractivity contribution in [1.82, 2.24) is 14.8 Å². The third-order valence-corrected chi connectivity index (χ3v) is 6.41. The van der Waals surface area contributed by atoms with Crippen LogP contribution in [0.15, 0.2) is 47.6 Å². The Morgan fingerprint density at radius 3 is 2.38 bits per heavy atom. The third-order valence-electron chi connectivity index (χ3n) is 5.40. The maximum Gasteiger partial charge on any atom is 0.373 e. The van der Waals surface area contributed by atoms with Crippen molar-refractivity contribution in [2.45, 2.75) is 57.9 Å². The van der Waals surface area contributed by atoms with E-state index in [1.54, 1.807) is 17.8 Å². The van der Waals surface area contributed by atoms with Gasteiger partial charge in [0.05, 0.1) is 11.2 Å². The average molecular weight is 487 g/mol. The lowest BCUT2D eigenvalue weighted by Gasteiger charge is -2.25. The first-order valence-electron chi connectivity index (χ1n) is 10.6. The largest absolute Gasteiger partial charge is 0.475 e. The van der Waals surface area contributed by atoms with Gasteiger partial charge in [-0.15, -0.1) is 0 Å². The summed E-state index contributed by atoms with van der Waals surface area (Å²) in [4.78, 5) is 20.6. The van der Waals surface area contributed by atoms with E-state index in [1.165, 1.54) is 17.3 Å². The van der Waals surface area contributed by atoms with Gasteiger partial charge in [0.1, 0.15) is 11.5 Å². The number of benzene rings is 1. The molecule has 1 aromatic carbocycles. The number of sulfonamides is 1. The molecule has 2 heterocycles. The van der Waals surface area contributed by atoms with Crippen molar-refractivity contribution in [3.63, 3.8) is 0 Å². The van der Waals surface area contributed by atoms with E-state index in [-0.39, 0.29) is 17.7 Å². The first kappa shape index (κ1) is 26.9. The minimum atomic E-state index is -3.83. The topological polar surface area (TPSA) is 134 Å². The summed E-state index contributed by atoms with van der Waals surface area (Å²) in [5.74, 6) is 0.938. The van der Waals surface area contributed by atoms with Gasteiger partial charge in [0.2, 0.25) is 15.9 Å². The van der Waals surface area contributed by atoms with Crippen LogP contribution in [0.5, 0.6) is 5.88 Å². The van der Waals surface area contributed by atoms with E-state index in [1.807, 2.05) is 26.0 Å². The van der Waals surface area contributed by atoms with Gasteiger partial charge in [-0.3, -0.25) is 4.68 Å². The Hall–Kier alpha value is -3.33. The second-order valence-electron chi connectivity index (χ2n) is 8.81. The molecule has 0 spiro atoms. The zero-order valence-electron chi connectivity index (χ0n) is 20.2. The highest BCUT2D eigenvalue weighted by atomic mass is 32.2. The fraction of sp³-hybridized carbons (Fsp3) is 0.375. The molecule has 0 aliphatic rings. The van der Waals surface area contributed by atoms with Crippen molar-refractivity contribution in [1.29, 1.82) is 0 Å². The van der Waals surface area contributed by atoms with Gasteiger partial charge in [0.25, 0.3) is 0 Å². The normalized spacial score (nSPS) is 11.5. The second kappa shape index (κ2) is 10.7. The first-order chi connectivity index (χ1) is 15.8. The summed E-state index contributed by atoms with van der Waals surface area (Å²) in [5, 5.41) is 9.59. The van der Waals surface area contributed by atoms with Crippen LogP contribution in [0.2, 0.25) is 0 Å². The monoisotopic (exact) mass is 486 g/mol. The smallest absolute Gasteiger partial charge is 0.373 e. The highest BCUT2D eigenvalue weighted by molar-refractivity contribution is 7.89. The van der Waals surface area contributed by atoms with Crippen LogP contribution in [0, 0.1) is 13.8 Å². The lowest BCUT2D eigenvalue weighted by atomic mass is 9.91. The molecule has 2 N–H and O–H groups in total. The van der Waals surface area contributed by atoms with E-state index in [9.17, 15) is 8.42 Å². The van der Waals surface area contributed by atoms with Crippen molar-refractivity contribution in [3.05, 3.63) is 59.5 Å². The molecule has 3 rings (SSSR count). The fourth-order valence-corrected chi connectivity index (χ4v) is 4.30. The number of hydrogen-bond acceptors (Lipinski definition) is 7. The molecular formula is C24H30N4O5S. The van der Waals surface area contributed by atoms with Gasteiger partial charge in [-0.1, -0.05) is 32.0 Å². The predicted octanol–water partition coefficient (Wildman–Crippen LogP) is 3.56. The molecule has 0 bridgehead atoms. The number of primary sulfonamides is 1. The quantitative estimate of drug-likeness (QED) is 0.539. The fourth-order valence-electron chi connectivity index (χ4n) is 3.60. The Kier molecular flexibility index (Phi) is 8.50. The van der Waals surface area contributed by atoms with Crippen molar-refractivity contribution in [2.24, 2.45) is 5.14 Å². The van der Waals surface area contributed by atoms with Gasteiger partial charge in [-0.05, 0) is 61.9 Å². The number of hydrogen-bond donors (Lipinski definition) is 1. The molecule has 0 unspecified atom stereocenters. The van der Waals surface area contributed by atoms with Crippen LogP contribution in [0.4, 0.5) is 0 Å². The van der Waals surface area contributed by atoms with Gasteiger partial charge in [-0.25, -0.2) is 18.5 Å². The highest BCUT2D eigenvalue weighted by Gasteiger charge is 2.26. The van der Waals surface area contributed by atoms with Gasteiger partial charge >= 0.3 is 6.15 Å². The molecule has 0 radical (unpaired) electrons. The van der Waals surface area contributed by atoms with Crippen LogP contribution in [0.3, 0.4) is 0 Å². The molecular weight excluding hydrogens is 456 g/mol. The minimum absolute atomic E-state index is 0.0150. The molecule has 182 valence electrons. The molecule has 0 saturated carbocycles. The molecule has 10 heteroatoms. The Bertz CT molecular complexity index is 1290. The lowest BCUT2D eigenvalue weighted by Crippen LogP contribution is -2.34. The van der Waals surface area contributed by atoms with Gasteiger partial charge in [0.15, 0.2) is 0 Å². The molecule has 0 atom stereocenters. The van der Waals surface area contributed by atoms with E-state index in [2.05, 4.69) is 49.1 Å². The predicted molar refractivity (Wildman–Crippen MR) is 127 cm³/mol. The Morgan fingerprint density at radius 2 is 1.82 bits per heavy atom. The van der Waals surface area contributed by atoms with Crippen LogP contribution < -0.4 is 9.88 Å². The van der Waals surface area contributed by atoms with Gasteiger partial charge in [0, 0.05) is 18.5 Å². The average Bonchev–Trinajstić information content (AvgIpc) is 3.16. The molecule has 0 fully saturated rings. The van der Waals surface area contributed by atoms with Crippen LogP contribution in [0.1, 0.15) is 50.4 Å². The van der Waals surface area contributed by atoms with Crippen molar-refractivity contribution in [2.75, 3.05) is 6.61 Å². The van der Waals surface area contributed by atoms with E-state index >= 15 is 0 Å². The molecule has 0 aliphatic carbocycles. The molecule has 9 nitrogen and oxygen atoms in total. The van der Waals surface area contributed by atoms with Crippen LogP contribution in [-0.2, 0) is 25.2 Å². The van der Waals surface area contributed by atoms with Crippen LogP contribution in [-0.4, -0.2) is 35.9 Å². The number of aryl methyl sites for hydroxylation is 1. The van der Waals surface area contributed by atoms with Gasteiger partial charge in [-0.2, -0.15) is 14.7 Å². The SMILES string of the molecule is Cc1nn(C(C)(C)COc2cc(-c3cccc(C(C)C)c3C)ccn2)cc1S(N)(=O)=O.O=C=O. The van der Waals surface area contributed by atoms with Gasteiger partial charge < -0.3 is 4.74 Å². The van der Waals surface area contributed by atoms with E-state index in [4.69, 9.17) is 19.5 Å². The zero-order valence-corrected chi connectivity index (χ0v) is 21.0.